The standard InChI is InChI=1S/C8H6N2O2S/c11-8(12)6-4-5-7(13-10-6)2-1-3-9-5/h1-4,10H,(H,11,12). The molecule has 0 saturated heterocycles. The lowest BCUT2D eigenvalue weighted by Gasteiger charge is -2.13. The number of aliphatic carboxylic acids is 1. The number of carboxylic acid groups (broad SMARTS) is 1. The summed E-state index contributed by atoms with van der Waals surface area (Å²) in [5, 5.41) is 8.69. The number of nitrogens with one attached hydrogen (secondary N) is 1. The Morgan fingerprint density at radius 1 is 1.62 bits per heavy atom. The Morgan fingerprint density at radius 3 is 3.23 bits per heavy atom. The van der Waals surface area contributed by atoms with Crippen LogP contribution in [0.4, 0.5) is 0 Å². The Bertz CT molecular complexity index is 389. The van der Waals surface area contributed by atoms with Gasteiger partial charge in [-0.25, -0.2) is 4.79 Å². The highest BCUT2D eigenvalue weighted by Gasteiger charge is 2.15. The molecule has 0 fully saturated rings. The summed E-state index contributed by atoms with van der Waals surface area (Å²) in [5.74, 6) is -0.969. The van der Waals surface area contributed by atoms with Gasteiger partial charge in [-0.1, -0.05) is 0 Å². The summed E-state index contributed by atoms with van der Waals surface area (Å²) in [6.45, 7) is 0. The molecular weight excluding hydrogens is 188 g/mol. The number of fused-ring (bicyclic) bond motifs is 1. The van der Waals surface area contributed by atoms with E-state index in [1.165, 1.54) is 18.0 Å². The minimum Gasteiger partial charge on any atom is -0.477 e. The van der Waals surface area contributed by atoms with Crippen molar-refractivity contribution >= 4 is 24.0 Å². The van der Waals surface area contributed by atoms with Crippen LogP contribution in [-0.2, 0) is 4.79 Å². The van der Waals surface area contributed by atoms with Gasteiger partial charge in [-0.05, 0) is 30.2 Å². The number of nitrogens with zero attached hydrogens (tertiary/aromatic N) is 1. The topological polar surface area (TPSA) is 62.2 Å². The Labute approximate surface area is 78.8 Å². The van der Waals surface area contributed by atoms with Crippen LogP contribution in [0.5, 0.6) is 0 Å². The van der Waals surface area contributed by atoms with E-state index in [0.29, 0.717) is 5.69 Å². The smallest absolute Gasteiger partial charge is 0.352 e. The summed E-state index contributed by atoms with van der Waals surface area (Å²) in [7, 11) is 0. The summed E-state index contributed by atoms with van der Waals surface area (Å²) in [4.78, 5) is 15.6. The first-order chi connectivity index (χ1) is 6.27. The number of carbonyl (C=O) groups is 1. The Kier molecular flexibility index (Phi) is 1.94. The van der Waals surface area contributed by atoms with Gasteiger partial charge in [0.25, 0.3) is 0 Å². The predicted octanol–water partition coefficient (Wildman–Crippen LogP) is 1.12. The van der Waals surface area contributed by atoms with Crippen LogP contribution in [0.15, 0.2) is 28.9 Å². The predicted molar refractivity (Wildman–Crippen MR) is 48.8 cm³/mol. The zero-order chi connectivity index (χ0) is 9.26. The van der Waals surface area contributed by atoms with Gasteiger partial charge in [0.1, 0.15) is 5.70 Å². The molecule has 2 rings (SSSR count). The zero-order valence-electron chi connectivity index (χ0n) is 6.52. The molecule has 4 nitrogen and oxygen atoms in total. The van der Waals surface area contributed by atoms with Crippen molar-refractivity contribution in [3.63, 3.8) is 0 Å². The fraction of sp³-hybridized carbons (Fsp3) is 0. The number of aromatic nitrogens is 1. The number of hydrogen-bond acceptors (Lipinski definition) is 4. The van der Waals surface area contributed by atoms with Crippen LogP contribution < -0.4 is 4.72 Å². The van der Waals surface area contributed by atoms with E-state index >= 15 is 0 Å². The quantitative estimate of drug-likeness (QED) is 0.656. The lowest BCUT2D eigenvalue weighted by molar-refractivity contribution is -0.132. The Morgan fingerprint density at radius 2 is 2.46 bits per heavy atom. The second kappa shape index (κ2) is 3.10. The number of pyridine rings is 1. The maximum Gasteiger partial charge on any atom is 0.352 e. The second-order valence-corrected chi connectivity index (χ2v) is 3.30. The van der Waals surface area contributed by atoms with E-state index in [4.69, 9.17) is 5.11 Å². The highest BCUT2D eigenvalue weighted by molar-refractivity contribution is 7.97. The van der Waals surface area contributed by atoms with E-state index in [-0.39, 0.29) is 5.70 Å². The monoisotopic (exact) mass is 194 g/mol. The number of carboxylic acids is 1. The van der Waals surface area contributed by atoms with Gasteiger partial charge in [-0.3, -0.25) is 4.98 Å². The van der Waals surface area contributed by atoms with Crippen LogP contribution in [-0.4, -0.2) is 16.1 Å². The fourth-order valence-electron chi connectivity index (χ4n) is 0.979. The molecule has 0 unspecified atom stereocenters. The molecule has 0 bridgehead atoms. The molecule has 0 amide bonds. The third-order valence-corrected chi connectivity index (χ3v) is 2.47. The summed E-state index contributed by atoms with van der Waals surface area (Å²) >= 11 is 1.26. The molecular formula is C8H6N2O2S. The molecule has 1 aromatic heterocycles. The van der Waals surface area contributed by atoms with Gasteiger partial charge < -0.3 is 9.83 Å². The third kappa shape index (κ3) is 1.50. The average Bonchev–Trinajstić information content (AvgIpc) is 2.17. The van der Waals surface area contributed by atoms with Crippen molar-refractivity contribution in [3.8, 4) is 0 Å². The maximum absolute atomic E-state index is 10.6. The molecule has 1 aliphatic rings. The van der Waals surface area contributed by atoms with E-state index in [1.54, 1.807) is 6.20 Å². The average molecular weight is 194 g/mol. The molecule has 0 aromatic carbocycles. The summed E-state index contributed by atoms with van der Waals surface area (Å²) < 4.78 is 2.71. The number of rotatable bonds is 1. The summed E-state index contributed by atoms with van der Waals surface area (Å²) in [5.41, 5.74) is 0.861. The lowest BCUT2D eigenvalue weighted by Crippen LogP contribution is -2.16. The molecule has 66 valence electrons. The first-order valence-corrected chi connectivity index (χ1v) is 4.42. The van der Waals surface area contributed by atoms with E-state index in [0.717, 1.165) is 4.90 Å². The van der Waals surface area contributed by atoms with Crippen molar-refractivity contribution in [1.82, 2.24) is 9.71 Å². The van der Waals surface area contributed by atoms with E-state index in [9.17, 15) is 4.79 Å². The van der Waals surface area contributed by atoms with Crippen molar-refractivity contribution in [2.24, 2.45) is 0 Å². The van der Waals surface area contributed by atoms with Gasteiger partial charge in [-0.2, -0.15) is 0 Å². The Hall–Kier alpha value is -1.49. The zero-order valence-corrected chi connectivity index (χ0v) is 7.34. The molecule has 0 spiro atoms. The van der Waals surface area contributed by atoms with E-state index < -0.39 is 5.97 Å². The molecule has 5 heteroatoms. The summed E-state index contributed by atoms with van der Waals surface area (Å²) in [6.07, 6.45) is 3.16. The van der Waals surface area contributed by atoms with Gasteiger partial charge in [0.15, 0.2) is 0 Å². The second-order valence-electron chi connectivity index (χ2n) is 2.45. The maximum atomic E-state index is 10.6. The lowest BCUT2D eigenvalue weighted by atomic mass is 10.3. The largest absolute Gasteiger partial charge is 0.477 e. The first kappa shape index (κ1) is 8.12. The van der Waals surface area contributed by atoms with Gasteiger partial charge in [-0.15, -0.1) is 0 Å². The van der Waals surface area contributed by atoms with E-state index in [1.807, 2.05) is 12.1 Å². The van der Waals surface area contributed by atoms with Gasteiger partial charge in [0.2, 0.25) is 0 Å². The fourth-order valence-corrected chi connectivity index (χ4v) is 1.71. The molecule has 2 N–H and O–H groups in total. The molecule has 0 saturated carbocycles. The molecule has 0 atom stereocenters. The van der Waals surface area contributed by atoms with Gasteiger partial charge in [0, 0.05) is 6.20 Å². The van der Waals surface area contributed by atoms with Gasteiger partial charge in [0.05, 0.1) is 10.6 Å². The third-order valence-electron chi connectivity index (χ3n) is 1.58. The van der Waals surface area contributed by atoms with E-state index in [2.05, 4.69) is 9.71 Å². The molecule has 0 radical (unpaired) electrons. The van der Waals surface area contributed by atoms with Crippen molar-refractivity contribution in [1.29, 1.82) is 0 Å². The molecule has 1 aliphatic heterocycles. The van der Waals surface area contributed by atoms with Crippen LogP contribution in [0.1, 0.15) is 5.69 Å². The van der Waals surface area contributed by atoms with Crippen LogP contribution in [0.2, 0.25) is 0 Å². The van der Waals surface area contributed by atoms with Crippen molar-refractivity contribution in [3.05, 3.63) is 29.7 Å². The first-order valence-electron chi connectivity index (χ1n) is 3.60. The van der Waals surface area contributed by atoms with Crippen LogP contribution in [0.3, 0.4) is 0 Å². The summed E-state index contributed by atoms with van der Waals surface area (Å²) in [6, 6.07) is 3.70. The van der Waals surface area contributed by atoms with Gasteiger partial charge >= 0.3 is 5.97 Å². The van der Waals surface area contributed by atoms with Crippen LogP contribution in [0, 0.1) is 0 Å². The highest BCUT2D eigenvalue weighted by atomic mass is 32.2. The normalized spacial score (nSPS) is 14.0. The molecule has 0 aliphatic carbocycles. The minimum absolute atomic E-state index is 0.163. The van der Waals surface area contributed by atoms with Crippen molar-refractivity contribution < 1.29 is 9.90 Å². The highest BCUT2D eigenvalue weighted by Crippen LogP contribution is 2.25. The van der Waals surface area contributed by atoms with Crippen LogP contribution >= 0.6 is 11.9 Å². The molecule has 1 aromatic rings. The molecule has 2 heterocycles. The Balaban J connectivity index is 2.44. The van der Waals surface area contributed by atoms with Crippen molar-refractivity contribution in [2.45, 2.75) is 4.90 Å². The number of hydrogen-bond donors (Lipinski definition) is 2. The van der Waals surface area contributed by atoms with Crippen LogP contribution in [0.25, 0.3) is 6.08 Å². The minimum atomic E-state index is -0.969. The SMILES string of the molecule is O=C(O)C1=Cc2ncccc2SN1. The molecule has 13 heavy (non-hydrogen) atoms. The van der Waals surface area contributed by atoms with Crippen molar-refractivity contribution in [2.75, 3.05) is 0 Å².